The zero-order valence-electron chi connectivity index (χ0n) is 18.5. The molecule has 1 aromatic carbocycles. The highest BCUT2D eigenvalue weighted by atomic mass is 16.5. The van der Waals surface area contributed by atoms with Crippen molar-refractivity contribution in [2.45, 2.75) is 6.92 Å². The van der Waals surface area contributed by atoms with Crippen molar-refractivity contribution in [1.82, 2.24) is 24.9 Å². The van der Waals surface area contributed by atoms with Gasteiger partial charge in [-0.1, -0.05) is 0 Å². The van der Waals surface area contributed by atoms with Crippen LogP contribution in [0.2, 0.25) is 0 Å². The van der Waals surface area contributed by atoms with E-state index in [1.807, 2.05) is 48.0 Å². The average Bonchev–Trinajstić information content (AvgIpc) is 3.19. The molecule has 1 aliphatic rings. The number of piperazine rings is 1. The fraction of sp³-hybridized carbons (Fsp3) is 0.292. The van der Waals surface area contributed by atoms with Crippen LogP contribution >= 0.6 is 0 Å². The van der Waals surface area contributed by atoms with E-state index in [2.05, 4.69) is 22.3 Å². The molecule has 0 radical (unpaired) electrons. The highest BCUT2D eigenvalue weighted by Gasteiger charge is 2.16. The van der Waals surface area contributed by atoms with Crippen LogP contribution < -0.4 is 19.7 Å². The summed E-state index contributed by atoms with van der Waals surface area (Å²) in [7, 11) is 3.26. The van der Waals surface area contributed by atoms with Crippen molar-refractivity contribution in [1.29, 1.82) is 0 Å². The summed E-state index contributed by atoms with van der Waals surface area (Å²) in [6.45, 7) is 5.91. The summed E-state index contributed by atoms with van der Waals surface area (Å²) in [4.78, 5) is 11.7. The molecule has 8 heteroatoms. The van der Waals surface area contributed by atoms with Gasteiger partial charge in [0.25, 0.3) is 0 Å². The third-order valence-corrected chi connectivity index (χ3v) is 5.79. The number of methoxy groups -OCH3 is 2. The van der Waals surface area contributed by atoms with E-state index in [4.69, 9.17) is 24.5 Å². The van der Waals surface area contributed by atoms with Crippen molar-refractivity contribution in [2.24, 2.45) is 0 Å². The molecule has 0 atom stereocenters. The quantitative estimate of drug-likeness (QED) is 0.521. The van der Waals surface area contributed by atoms with Crippen LogP contribution in [0.1, 0.15) is 5.69 Å². The third kappa shape index (κ3) is 3.62. The Balaban J connectivity index is 1.53. The lowest BCUT2D eigenvalue weighted by Crippen LogP contribution is -2.43. The maximum absolute atomic E-state index is 5.46. The Morgan fingerprint density at radius 1 is 0.906 bits per heavy atom. The van der Waals surface area contributed by atoms with Crippen LogP contribution in [0, 0.1) is 6.92 Å². The molecule has 0 spiro atoms. The molecule has 32 heavy (non-hydrogen) atoms. The Bertz CT molecular complexity index is 1250. The van der Waals surface area contributed by atoms with Crippen molar-refractivity contribution >= 4 is 11.5 Å². The third-order valence-electron chi connectivity index (χ3n) is 5.79. The summed E-state index contributed by atoms with van der Waals surface area (Å²) in [5.41, 5.74) is 5.41. The van der Waals surface area contributed by atoms with Gasteiger partial charge in [-0.3, -0.25) is 0 Å². The molecule has 0 bridgehead atoms. The van der Waals surface area contributed by atoms with Crippen LogP contribution in [0.4, 0.5) is 5.82 Å². The van der Waals surface area contributed by atoms with Gasteiger partial charge in [-0.05, 0) is 49.4 Å². The molecule has 4 heterocycles. The van der Waals surface area contributed by atoms with Gasteiger partial charge in [0.05, 0.1) is 31.3 Å². The first-order valence-electron chi connectivity index (χ1n) is 10.7. The SMILES string of the molecule is COc1ccc(-c2ccc3nc(C)c(-c4ccc(N5CCNCC5)nc4)n3n2)cc1OC. The maximum Gasteiger partial charge on any atom is 0.161 e. The number of benzene rings is 1. The van der Waals surface area contributed by atoms with E-state index >= 15 is 0 Å². The molecule has 1 N–H and O–H groups in total. The fourth-order valence-electron chi connectivity index (χ4n) is 4.13. The summed E-state index contributed by atoms with van der Waals surface area (Å²) >= 11 is 0. The lowest BCUT2D eigenvalue weighted by atomic mass is 10.1. The molecule has 164 valence electrons. The van der Waals surface area contributed by atoms with Gasteiger partial charge in [0, 0.05) is 43.5 Å². The van der Waals surface area contributed by atoms with Crippen molar-refractivity contribution in [3.63, 3.8) is 0 Å². The summed E-state index contributed by atoms with van der Waals surface area (Å²) in [6, 6.07) is 13.9. The molecule has 5 rings (SSSR count). The Kier molecular flexibility index (Phi) is 5.36. The molecule has 0 aliphatic carbocycles. The topological polar surface area (TPSA) is 76.8 Å². The van der Waals surface area contributed by atoms with Gasteiger partial charge in [0.2, 0.25) is 0 Å². The van der Waals surface area contributed by atoms with Gasteiger partial charge in [-0.2, -0.15) is 5.10 Å². The molecule has 3 aromatic heterocycles. The number of imidazole rings is 1. The van der Waals surface area contributed by atoms with Gasteiger partial charge in [0.15, 0.2) is 17.1 Å². The second-order valence-corrected chi connectivity index (χ2v) is 7.75. The van der Waals surface area contributed by atoms with Crippen LogP contribution in [0.5, 0.6) is 11.5 Å². The Morgan fingerprint density at radius 3 is 2.41 bits per heavy atom. The summed E-state index contributed by atoms with van der Waals surface area (Å²) in [5, 5.41) is 8.27. The minimum Gasteiger partial charge on any atom is -0.493 e. The maximum atomic E-state index is 5.46. The molecule has 1 saturated heterocycles. The van der Waals surface area contributed by atoms with Crippen molar-refractivity contribution < 1.29 is 9.47 Å². The van der Waals surface area contributed by atoms with Crippen LogP contribution in [0.3, 0.4) is 0 Å². The fourth-order valence-corrected chi connectivity index (χ4v) is 4.13. The monoisotopic (exact) mass is 430 g/mol. The number of nitrogens with one attached hydrogen (secondary N) is 1. The zero-order valence-corrected chi connectivity index (χ0v) is 18.5. The molecule has 4 aromatic rings. The van der Waals surface area contributed by atoms with E-state index in [-0.39, 0.29) is 0 Å². The molecular weight excluding hydrogens is 404 g/mol. The average molecular weight is 431 g/mol. The van der Waals surface area contributed by atoms with Gasteiger partial charge < -0.3 is 19.7 Å². The number of ether oxygens (including phenoxy) is 2. The number of hydrogen-bond acceptors (Lipinski definition) is 7. The lowest BCUT2D eigenvalue weighted by molar-refractivity contribution is 0.355. The standard InChI is InChI=1S/C24H26N6O2/c1-16-24(18-5-8-22(26-15-18)29-12-10-25-11-13-29)30-23(27-16)9-6-19(28-30)17-4-7-20(31-2)21(14-17)32-3/h4-9,14-15,25H,10-13H2,1-3H3. The first-order chi connectivity index (χ1) is 15.7. The normalized spacial score (nSPS) is 14.0. The van der Waals surface area contributed by atoms with Crippen LogP contribution in [0.15, 0.2) is 48.7 Å². The molecule has 0 saturated carbocycles. The second-order valence-electron chi connectivity index (χ2n) is 7.75. The van der Waals surface area contributed by atoms with E-state index in [1.165, 1.54) is 0 Å². The molecule has 0 unspecified atom stereocenters. The molecule has 1 aliphatic heterocycles. The highest BCUT2D eigenvalue weighted by Crippen LogP contribution is 2.32. The summed E-state index contributed by atoms with van der Waals surface area (Å²) < 4.78 is 12.7. The Labute approximate surface area is 186 Å². The molecular formula is C24H26N6O2. The van der Waals surface area contributed by atoms with Crippen molar-refractivity contribution in [3.8, 4) is 34.0 Å². The van der Waals surface area contributed by atoms with E-state index < -0.39 is 0 Å². The predicted molar refractivity (Wildman–Crippen MR) is 125 cm³/mol. The van der Waals surface area contributed by atoms with E-state index in [9.17, 15) is 0 Å². The minimum absolute atomic E-state index is 0.668. The summed E-state index contributed by atoms with van der Waals surface area (Å²) in [5.74, 6) is 2.36. The van der Waals surface area contributed by atoms with Crippen molar-refractivity contribution in [2.75, 3.05) is 45.3 Å². The highest BCUT2D eigenvalue weighted by molar-refractivity contribution is 5.69. The number of anilines is 1. The van der Waals surface area contributed by atoms with Gasteiger partial charge >= 0.3 is 0 Å². The first kappa shape index (κ1) is 20.3. The lowest BCUT2D eigenvalue weighted by Gasteiger charge is -2.28. The Hall–Kier alpha value is -3.65. The first-order valence-corrected chi connectivity index (χ1v) is 10.7. The predicted octanol–water partition coefficient (Wildman–Crippen LogP) is 3.19. The van der Waals surface area contributed by atoms with Gasteiger partial charge in [0.1, 0.15) is 5.82 Å². The molecule has 1 fully saturated rings. The zero-order chi connectivity index (χ0) is 22.1. The minimum atomic E-state index is 0.668. The van der Waals surface area contributed by atoms with E-state index in [1.54, 1.807) is 14.2 Å². The smallest absolute Gasteiger partial charge is 0.161 e. The number of fused-ring (bicyclic) bond motifs is 1. The summed E-state index contributed by atoms with van der Waals surface area (Å²) in [6.07, 6.45) is 1.92. The van der Waals surface area contributed by atoms with Crippen LogP contribution in [-0.2, 0) is 0 Å². The van der Waals surface area contributed by atoms with Gasteiger partial charge in [-0.15, -0.1) is 0 Å². The number of nitrogens with zero attached hydrogens (tertiary/aromatic N) is 5. The van der Waals surface area contributed by atoms with Crippen molar-refractivity contribution in [3.05, 3.63) is 54.4 Å². The Morgan fingerprint density at radius 2 is 1.69 bits per heavy atom. The van der Waals surface area contributed by atoms with Crippen LogP contribution in [0.25, 0.3) is 28.2 Å². The number of aromatic nitrogens is 4. The number of hydrogen-bond donors (Lipinski definition) is 1. The number of rotatable bonds is 5. The van der Waals surface area contributed by atoms with E-state index in [0.717, 1.165) is 65.9 Å². The molecule has 8 nitrogen and oxygen atoms in total. The van der Waals surface area contributed by atoms with Crippen LogP contribution in [-0.4, -0.2) is 60.0 Å². The van der Waals surface area contributed by atoms with E-state index in [0.29, 0.717) is 11.5 Å². The van der Waals surface area contributed by atoms with Gasteiger partial charge in [-0.25, -0.2) is 14.5 Å². The molecule has 0 amide bonds. The number of pyridine rings is 1. The largest absolute Gasteiger partial charge is 0.493 e. The number of aryl methyl sites for hydroxylation is 1. The second kappa shape index (κ2) is 8.47.